The molecular formula is C25H22ClF3N4O4. The van der Waals surface area contributed by atoms with Crippen molar-refractivity contribution in [1.29, 1.82) is 0 Å². The number of amides is 3. The quantitative estimate of drug-likeness (QED) is 0.358. The second-order valence-electron chi connectivity index (χ2n) is 8.74. The van der Waals surface area contributed by atoms with Crippen LogP contribution >= 0.6 is 11.6 Å². The molecule has 1 aliphatic rings. The van der Waals surface area contributed by atoms with Crippen molar-refractivity contribution in [2.75, 3.05) is 31.3 Å². The lowest BCUT2D eigenvalue weighted by molar-refractivity contribution is -0.137. The minimum Gasteiger partial charge on any atom is -0.348 e. The third kappa shape index (κ3) is 5.31. The summed E-state index contributed by atoms with van der Waals surface area (Å²) in [5.41, 5.74) is -0.210. The minimum atomic E-state index is -1.41. The van der Waals surface area contributed by atoms with Crippen LogP contribution in [0.5, 0.6) is 0 Å². The SMILES string of the molecule is CN(CC(=O)N1CC(C(=O)Nc2ccccc2)CC1C(=O)CCl)C(=O)c1cc2c(F)cc(F)c(F)c2[nH]1. The van der Waals surface area contributed by atoms with E-state index in [0.717, 1.165) is 11.0 Å². The first-order valence-corrected chi connectivity index (χ1v) is 11.8. The number of Topliss-reactive ketones (excluding diaryl/α,β-unsaturated/α-hetero) is 1. The number of likely N-dealkylation sites (N-methyl/N-ethyl adjacent to an activating group) is 1. The van der Waals surface area contributed by atoms with E-state index in [-0.39, 0.29) is 35.8 Å². The number of para-hydroxylation sites is 1. The lowest BCUT2D eigenvalue weighted by Gasteiger charge is -2.25. The van der Waals surface area contributed by atoms with Gasteiger partial charge in [0.05, 0.1) is 29.9 Å². The summed E-state index contributed by atoms with van der Waals surface area (Å²) >= 11 is 5.73. The number of anilines is 1. The summed E-state index contributed by atoms with van der Waals surface area (Å²) in [6, 6.07) is 9.15. The Kier molecular flexibility index (Phi) is 7.53. The maximum absolute atomic E-state index is 14.0. The predicted molar refractivity (Wildman–Crippen MR) is 130 cm³/mol. The van der Waals surface area contributed by atoms with Gasteiger partial charge in [0, 0.05) is 30.7 Å². The summed E-state index contributed by atoms with van der Waals surface area (Å²) < 4.78 is 41.6. The van der Waals surface area contributed by atoms with Gasteiger partial charge in [-0.1, -0.05) is 18.2 Å². The maximum Gasteiger partial charge on any atom is 0.270 e. The fourth-order valence-electron chi connectivity index (χ4n) is 4.34. The van der Waals surface area contributed by atoms with Gasteiger partial charge in [-0.25, -0.2) is 13.2 Å². The zero-order chi connectivity index (χ0) is 26.9. The maximum atomic E-state index is 14.0. The Morgan fingerprint density at radius 2 is 1.81 bits per heavy atom. The number of halogens is 4. The number of aromatic nitrogens is 1. The first-order chi connectivity index (χ1) is 17.6. The summed E-state index contributed by atoms with van der Waals surface area (Å²) in [6.07, 6.45) is 0.0692. The molecule has 1 saturated heterocycles. The summed E-state index contributed by atoms with van der Waals surface area (Å²) in [4.78, 5) is 55.7. The third-order valence-corrected chi connectivity index (χ3v) is 6.51. The molecule has 1 aliphatic heterocycles. The molecule has 1 aromatic heterocycles. The summed E-state index contributed by atoms with van der Waals surface area (Å²) in [5.74, 6) is -7.07. The lowest BCUT2D eigenvalue weighted by atomic mass is 10.0. The molecule has 2 N–H and O–H groups in total. The number of nitrogens with zero attached hydrogens (tertiary/aromatic N) is 2. The average molecular weight is 535 g/mol. The molecule has 0 saturated carbocycles. The molecule has 2 unspecified atom stereocenters. The van der Waals surface area contributed by atoms with Crippen LogP contribution in [-0.4, -0.2) is 70.3 Å². The Hall–Kier alpha value is -3.86. The van der Waals surface area contributed by atoms with Crippen molar-refractivity contribution in [3.8, 4) is 0 Å². The number of nitrogens with one attached hydrogen (secondary N) is 2. The van der Waals surface area contributed by atoms with Crippen LogP contribution in [0, 0.1) is 23.4 Å². The highest BCUT2D eigenvalue weighted by atomic mass is 35.5. The average Bonchev–Trinajstić information content (AvgIpc) is 3.53. The first kappa shape index (κ1) is 26.2. The van der Waals surface area contributed by atoms with Crippen LogP contribution in [0.25, 0.3) is 10.9 Å². The number of fused-ring (bicyclic) bond motifs is 1. The van der Waals surface area contributed by atoms with Gasteiger partial charge in [-0.2, -0.15) is 0 Å². The van der Waals surface area contributed by atoms with E-state index in [1.807, 2.05) is 0 Å². The second-order valence-corrected chi connectivity index (χ2v) is 9.00. The number of hydrogen-bond donors (Lipinski definition) is 2. The molecule has 2 aromatic carbocycles. The van der Waals surface area contributed by atoms with E-state index >= 15 is 0 Å². The summed E-state index contributed by atoms with van der Waals surface area (Å²) in [6.45, 7) is -0.554. The van der Waals surface area contributed by atoms with Crippen molar-refractivity contribution >= 4 is 51.7 Å². The van der Waals surface area contributed by atoms with Crippen LogP contribution in [0.15, 0.2) is 42.5 Å². The van der Waals surface area contributed by atoms with Crippen molar-refractivity contribution in [3.05, 3.63) is 65.6 Å². The van der Waals surface area contributed by atoms with E-state index in [1.54, 1.807) is 30.3 Å². The van der Waals surface area contributed by atoms with E-state index in [0.29, 0.717) is 11.8 Å². The molecule has 2 heterocycles. The van der Waals surface area contributed by atoms with Crippen LogP contribution in [0.3, 0.4) is 0 Å². The third-order valence-electron chi connectivity index (χ3n) is 6.24. The number of benzene rings is 2. The highest BCUT2D eigenvalue weighted by molar-refractivity contribution is 6.28. The predicted octanol–water partition coefficient (Wildman–Crippen LogP) is 3.32. The fourth-order valence-corrected chi connectivity index (χ4v) is 4.51. The van der Waals surface area contributed by atoms with Crippen molar-refractivity contribution in [2.24, 2.45) is 5.92 Å². The van der Waals surface area contributed by atoms with Crippen LogP contribution < -0.4 is 5.32 Å². The van der Waals surface area contributed by atoms with E-state index in [9.17, 15) is 32.3 Å². The second kappa shape index (κ2) is 10.6. The summed E-state index contributed by atoms with van der Waals surface area (Å²) in [7, 11) is 1.28. The van der Waals surface area contributed by atoms with Gasteiger partial charge in [-0.05, 0) is 24.6 Å². The number of H-pyrrole nitrogens is 1. The van der Waals surface area contributed by atoms with Crippen molar-refractivity contribution in [3.63, 3.8) is 0 Å². The monoisotopic (exact) mass is 534 g/mol. The molecule has 0 radical (unpaired) electrons. The largest absolute Gasteiger partial charge is 0.348 e. The Labute approximate surface area is 214 Å². The van der Waals surface area contributed by atoms with Crippen molar-refractivity contribution in [2.45, 2.75) is 12.5 Å². The Balaban J connectivity index is 1.48. The van der Waals surface area contributed by atoms with Crippen LogP contribution in [0.1, 0.15) is 16.9 Å². The van der Waals surface area contributed by atoms with Crippen LogP contribution in [-0.2, 0) is 14.4 Å². The standard InChI is InChI=1S/C25H22ClF3N4O4/c1-32(25(37)18-8-15-16(27)9-17(28)22(29)23(15)31-18)12-21(35)33-11-13(7-19(33)20(34)10-26)24(36)30-14-5-3-2-4-6-14/h2-6,8-9,13,19,31H,7,10-12H2,1H3,(H,30,36). The van der Waals surface area contributed by atoms with Gasteiger partial charge in [0.15, 0.2) is 17.4 Å². The molecule has 2 atom stereocenters. The molecule has 8 nitrogen and oxygen atoms in total. The number of aromatic amines is 1. The highest BCUT2D eigenvalue weighted by Gasteiger charge is 2.42. The molecule has 3 aromatic rings. The molecule has 4 rings (SSSR count). The Morgan fingerprint density at radius 1 is 1.11 bits per heavy atom. The van der Waals surface area contributed by atoms with Gasteiger partial charge >= 0.3 is 0 Å². The Bertz CT molecular complexity index is 1380. The molecule has 37 heavy (non-hydrogen) atoms. The number of alkyl halides is 1. The number of carbonyl (C=O) groups is 4. The van der Waals surface area contributed by atoms with Gasteiger partial charge in [-0.15, -0.1) is 11.6 Å². The number of likely N-dealkylation sites (tertiary alicyclic amines) is 1. The number of hydrogen-bond acceptors (Lipinski definition) is 4. The normalized spacial score (nSPS) is 17.2. The van der Waals surface area contributed by atoms with Crippen LogP contribution in [0.2, 0.25) is 0 Å². The number of carbonyl (C=O) groups excluding carboxylic acids is 4. The van der Waals surface area contributed by atoms with Crippen molar-refractivity contribution < 1.29 is 32.3 Å². The summed E-state index contributed by atoms with van der Waals surface area (Å²) in [5, 5.41) is 2.43. The van der Waals surface area contributed by atoms with E-state index in [4.69, 9.17) is 11.6 Å². The van der Waals surface area contributed by atoms with Crippen LogP contribution in [0.4, 0.5) is 18.9 Å². The lowest BCUT2D eigenvalue weighted by Crippen LogP contribution is -2.46. The molecular weight excluding hydrogens is 513 g/mol. The van der Waals surface area contributed by atoms with Gasteiger partial charge in [0.2, 0.25) is 11.8 Å². The molecule has 194 valence electrons. The first-order valence-electron chi connectivity index (χ1n) is 11.3. The van der Waals surface area contributed by atoms with Crippen molar-refractivity contribution in [1.82, 2.24) is 14.8 Å². The number of ketones is 1. The minimum absolute atomic E-state index is 0.0606. The molecule has 0 aliphatic carbocycles. The zero-order valence-electron chi connectivity index (χ0n) is 19.6. The van der Waals surface area contributed by atoms with Gasteiger partial charge in [0.1, 0.15) is 11.5 Å². The van der Waals surface area contributed by atoms with Gasteiger partial charge in [0.25, 0.3) is 5.91 Å². The molecule has 0 bridgehead atoms. The molecule has 0 spiro atoms. The molecule has 3 amide bonds. The highest BCUT2D eigenvalue weighted by Crippen LogP contribution is 2.27. The van der Waals surface area contributed by atoms with E-state index in [2.05, 4.69) is 10.3 Å². The fraction of sp³-hybridized carbons (Fsp3) is 0.280. The van der Waals surface area contributed by atoms with Gasteiger partial charge < -0.3 is 20.1 Å². The van der Waals surface area contributed by atoms with E-state index in [1.165, 1.54) is 11.9 Å². The van der Waals surface area contributed by atoms with Gasteiger partial charge in [-0.3, -0.25) is 19.2 Å². The smallest absolute Gasteiger partial charge is 0.270 e. The topological polar surface area (TPSA) is 103 Å². The van der Waals surface area contributed by atoms with E-state index < -0.39 is 59.1 Å². The number of rotatable bonds is 7. The Morgan fingerprint density at radius 3 is 2.49 bits per heavy atom. The molecule has 1 fully saturated rings. The zero-order valence-corrected chi connectivity index (χ0v) is 20.3. The molecule has 12 heteroatoms.